The van der Waals surface area contributed by atoms with Crippen molar-refractivity contribution in [2.24, 2.45) is 0 Å². The minimum absolute atomic E-state index is 0.0826. The van der Waals surface area contributed by atoms with E-state index in [-0.39, 0.29) is 5.41 Å². The summed E-state index contributed by atoms with van der Waals surface area (Å²) in [6.07, 6.45) is 4.59. The molecule has 0 spiro atoms. The van der Waals surface area contributed by atoms with Gasteiger partial charge in [0.1, 0.15) is 22.3 Å². The Balaban J connectivity index is 0.880. The number of fused-ring (bicyclic) bond motifs is 13. The van der Waals surface area contributed by atoms with Gasteiger partial charge in [-0.3, -0.25) is 0 Å². The van der Waals surface area contributed by atoms with Crippen molar-refractivity contribution >= 4 is 98.1 Å². The molecule has 0 saturated carbocycles. The van der Waals surface area contributed by atoms with E-state index in [0.29, 0.717) is 0 Å². The maximum absolute atomic E-state index is 6.56. The van der Waals surface area contributed by atoms with Crippen LogP contribution in [0.15, 0.2) is 196 Å². The van der Waals surface area contributed by atoms with Crippen LogP contribution in [0.5, 0.6) is 0 Å². The minimum Gasteiger partial charge on any atom is -0.456 e. The van der Waals surface area contributed by atoms with Gasteiger partial charge in [0.2, 0.25) is 0 Å². The molecule has 63 heavy (non-hydrogen) atoms. The van der Waals surface area contributed by atoms with Crippen molar-refractivity contribution in [1.29, 1.82) is 0 Å². The molecule has 0 unspecified atom stereocenters. The summed E-state index contributed by atoms with van der Waals surface area (Å²) in [7, 11) is 0. The van der Waals surface area contributed by atoms with Crippen LogP contribution < -0.4 is 0 Å². The number of rotatable bonds is 3. The lowest BCUT2D eigenvalue weighted by Crippen LogP contribution is -2.18. The van der Waals surface area contributed by atoms with E-state index in [1.54, 1.807) is 5.57 Å². The SMILES string of the molecule is CC1(C)C2=C(C=C(c3c4ccccc4c(-c4ccc5ccccc5c4)c4ccccc34)CC2)c2ccc(-c3ccc4oc5cc6c(ccc7oc8ccccc8c76)cc5c4c3)cc21. The number of benzene rings is 10. The second-order valence-corrected chi connectivity index (χ2v) is 18.3. The standard InChI is InChI=1S/C61H40O2/c1-61(2)52-26-22-41(59-45-15-7-5-13-43(45)58(44-14-6-8-16-46(44)59)40-20-19-35-11-3-4-12-36(35)29-40)32-49(52)42-25-21-38(33-53(42)61)37-23-27-55-50(30-37)51-31-39-24-28-56-60(48(39)34-57(51)63-55)47-17-9-10-18-54(47)62-56/h3-21,23-25,27-34H,22,26H2,1-2H3. The van der Waals surface area contributed by atoms with Crippen LogP contribution in [0.2, 0.25) is 0 Å². The maximum atomic E-state index is 6.56. The van der Waals surface area contributed by atoms with Gasteiger partial charge < -0.3 is 8.83 Å². The first-order valence-electron chi connectivity index (χ1n) is 22.2. The van der Waals surface area contributed by atoms with Gasteiger partial charge in [-0.15, -0.1) is 0 Å². The third-order valence-electron chi connectivity index (χ3n) is 14.6. The number of furan rings is 2. The van der Waals surface area contributed by atoms with Crippen molar-refractivity contribution in [1.82, 2.24) is 0 Å². The third kappa shape index (κ3) is 4.95. The Kier molecular flexibility index (Phi) is 7.04. The summed E-state index contributed by atoms with van der Waals surface area (Å²) in [6, 6.07) is 64.7. The average Bonchev–Trinajstić information content (AvgIpc) is 3.96. The average molecular weight is 805 g/mol. The maximum Gasteiger partial charge on any atom is 0.136 e. The Morgan fingerprint density at radius 2 is 1.00 bits per heavy atom. The molecule has 0 amide bonds. The van der Waals surface area contributed by atoms with Crippen LogP contribution in [-0.4, -0.2) is 0 Å². The van der Waals surface area contributed by atoms with Gasteiger partial charge >= 0.3 is 0 Å². The molecular weight excluding hydrogens is 765 g/mol. The molecule has 2 aliphatic carbocycles. The second kappa shape index (κ2) is 12.7. The molecule has 0 N–H and O–H groups in total. The van der Waals surface area contributed by atoms with Crippen LogP contribution in [0.4, 0.5) is 0 Å². The molecular formula is C61H40O2. The smallest absolute Gasteiger partial charge is 0.136 e. The van der Waals surface area contributed by atoms with Crippen molar-refractivity contribution in [3.63, 3.8) is 0 Å². The van der Waals surface area contributed by atoms with Crippen LogP contribution in [0, 0.1) is 0 Å². The summed E-state index contributed by atoms with van der Waals surface area (Å²) < 4.78 is 12.8. The molecule has 10 aromatic carbocycles. The molecule has 2 nitrogen and oxygen atoms in total. The van der Waals surface area contributed by atoms with Crippen molar-refractivity contribution < 1.29 is 8.83 Å². The number of hydrogen-bond acceptors (Lipinski definition) is 2. The van der Waals surface area contributed by atoms with Gasteiger partial charge in [-0.2, -0.15) is 0 Å². The van der Waals surface area contributed by atoms with E-state index in [1.807, 2.05) is 12.1 Å². The Labute approximate surface area is 364 Å². The Morgan fingerprint density at radius 3 is 1.81 bits per heavy atom. The van der Waals surface area contributed by atoms with E-state index in [4.69, 9.17) is 8.83 Å². The van der Waals surface area contributed by atoms with Crippen LogP contribution in [0.1, 0.15) is 43.4 Å². The van der Waals surface area contributed by atoms with E-state index in [0.717, 1.165) is 62.1 Å². The zero-order valence-corrected chi connectivity index (χ0v) is 35.1. The van der Waals surface area contributed by atoms with Gasteiger partial charge in [-0.25, -0.2) is 0 Å². The summed E-state index contributed by atoms with van der Waals surface area (Å²) in [4.78, 5) is 0. The van der Waals surface area contributed by atoms with Crippen molar-refractivity contribution in [2.75, 3.05) is 0 Å². The van der Waals surface area contributed by atoms with Gasteiger partial charge in [-0.05, 0) is 155 Å². The lowest BCUT2D eigenvalue weighted by atomic mass is 9.76. The van der Waals surface area contributed by atoms with Crippen LogP contribution in [-0.2, 0) is 5.41 Å². The fraction of sp³-hybridized carbons (Fsp3) is 0.0820. The molecule has 0 saturated heterocycles. The molecule has 0 fully saturated rings. The first kappa shape index (κ1) is 35.0. The Bertz CT molecular complexity index is 3990. The number of allylic oxidation sites excluding steroid dienone is 4. The number of para-hydroxylation sites is 1. The normalized spacial score (nSPS) is 14.9. The summed E-state index contributed by atoms with van der Waals surface area (Å²) in [6.45, 7) is 4.86. The van der Waals surface area contributed by atoms with E-state index < -0.39 is 0 Å². The van der Waals surface area contributed by atoms with Gasteiger partial charge in [0.15, 0.2) is 0 Å². The van der Waals surface area contributed by atoms with Crippen LogP contribution >= 0.6 is 0 Å². The summed E-state index contributed by atoms with van der Waals surface area (Å²) >= 11 is 0. The first-order valence-corrected chi connectivity index (χ1v) is 22.2. The monoisotopic (exact) mass is 804 g/mol. The predicted octanol–water partition coefficient (Wildman–Crippen LogP) is 17.4. The highest BCUT2D eigenvalue weighted by molar-refractivity contribution is 6.23. The molecule has 0 radical (unpaired) electrons. The summed E-state index contributed by atoms with van der Waals surface area (Å²) in [5.41, 5.74) is 17.0. The summed E-state index contributed by atoms with van der Waals surface area (Å²) in [5, 5.41) is 14.7. The molecule has 0 atom stereocenters. The van der Waals surface area contributed by atoms with Crippen LogP contribution in [0.3, 0.4) is 0 Å². The topological polar surface area (TPSA) is 26.3 Å². The third-order valence-corrected chi connectivity index (χ3v) is 14.6. The fourth-order valence-electron chi connectivity index (χ4n) is 11.6. The van der Waals surface area contributed by atoms with E-state index in [9.17, 15) is 0 Å². The van der Waals surface area contributed by atoms with Gasteiger partial charge in [0.05, 0.1) is 0 Å². The molecule has 296 valence electrons. The van der Waals surface area contributed by atoms with Gasteiger partial charge in [0.25, 0.3) is 0 Å². The Morgan fingerprint density at radius 1 is 0.397 bits per heavy atom. The van der Waals surface area contributed by atoms with Crippen LogP contribution in [0.25, 0.3) is 120 Å². The highest BCUT2D eigenvalue weighted by atomic mass is 16.3. The van der Waals surface area contributed by atoms with Crippen molar-refractivity contribution in [2.45, 2.75) is 32.1 Å². The highest BCUT2D eigenvalue weighted by Gasteiger charge is 2.39. The summed E-state index contributed by atoms with van der Waals surface area (Å²) in [5.74, 6) is 0. The van der Waals surface area contributed by atoms with E-state index >= 15 is 0 Å². The quantitative estimate of drug-likeness (QED) is 0.166. The molecule has 0 aliphatic heterocycles. The predicted molar refractivity (Wildman–Crippen MR) is 265 cm³/mol. The van der Waals surface area contributed by atoms with Crippen molar-refractivity contribution in [3.05, 3.63) is 204 Å². The largest absolute Gasteiger partial charge is 0.456 e. The van der Waals surface area contributed by atoms with E-state index in [1.165, 1.54) is 87.8 Å². The zero-order chi connectivity index (χ0) is 41.6. The zero-order valence-electron chi connectivity index (χ0n) is 35.1. The highest BCUT2D eigenvalue weighted by Crippen LogP contribution is 2.54. The Hall–Kier alpha value is -7.68. The number of hydrogen-bond donors (Lipinski definition) is 0. The molecule has 2 aliphatic rings. The van der Waals surface area contributed by atoms with Crippen molar-refractivity contribution in [3.8, 4) is 22.3 Å². The molecule has 0 bridgehead atoms. The minimum atomic E-state index is -0.0826. The molecule has 2 aromatic heterocycles. The second-order valence-electron chi connectivity index (χ2n) is 18.3. The lowest BCUT2D eigenvalue weighted by molar-refractivity contribution is 0.609. The molecule has 2 heterocycles. The van der Waals surface area contributed by atoms with E-state index in [2.05, 4.69) is 184 Å². The molecule has 14 rings (SSSR count). The molecule has 12 aromatic rings. The lowest BCUT2D eigenvalue weighted by Gasteiger charge is -2.28. The van der Waals surface area contributed by atoms with Gasteiger partial charge in [-0.1, -0.05) is 153 Å². The first-order chi connectivity index (χ1) is 31.0. The molecule has 2 heteroatoms. The fourth-order valence-corrected chi connectivity index (χ4v) is 11.6. The van der Waals surface area contributed by atoms with Gasteiger partial charge in [0, 0.05) is 27.0 Å².